The summed E-state index contributed by atoms with van der Waals surface area (Å²) in [6.07, 6.45) is 2.58. The Morgan fingerprint density at radius 3 is 2.22 bits per heavy atom. The third kappa shape index (κ3) is 4.12. The minimum Gasteiger partial charge on any atom is -0.294 e. The van der Waals surface area contributed by atoms with Crippen molar-refractivity contribution in [3.05, 3.63) is 81.4 Å². The zero-order valence-corrected chi connectivity index (χ0v) is 15.4. The van der Waals surface area contributed by atoms with Gasteiger partial charge >= 0.3 is 0 Å². The van der Waals surface area contributed by atoms with Crippen LogP contribution in [0.15, 0.2) is 65.1 Å². The Bertz CT molecular complexity index is 1010. The van der Waals surface area contributed by atoms with Crippen LogP contribution in [0.25, 0.3) is 0 Å². The molecule has 7 nitrogen and oxygen atoms in total. The first-order chi connectivity index (χ1) is 12.8. The molecule has 2 aromatic rings. The van der Waals surface area contributed by atoms with Crippen LogP contribution in [-0.4, -0.2) is 19.1 Å². The summed E-state index contributed by atoms with van der Waals surface area (Å²) < 4.78 is 28.2. The monoisotopic (exact) mass is 386 g/mol. The molecule has 1 aliphatic carbocycles. The maximum atomic E-state index is 12.8. The van der Waals surface area contributed by atoms with Crippen LogP contribution in [0.4, 0.5) is 5.69 Å². The van der Waals surface area contributed by atoms with E-state index in [4.69, 9.17) is 0 Å². The summed E-state index contributed by atoms with van der Waals surface area (Å²) >= 11 is 0. The van der Waals surface area contributed by atoms with Gasteiger partial charge in [0.05, 0.1) is 15.9 Å². The van der Waals surface area contributed by atoms with E-state index in [1.54, 1.807) is 18.2 Å². The fourth-order valence-electron chi connectivity index (χ4n) is 2.94. The molecule has 3 rings (SSSR count). The maximum absolute atomic E-state index is 12.8. The third-order valence-electron chi connectivity index (χ3n) is 4.41. The summed E-state index contributed by atoms with van der Waals surface area (Å²) in [4.78, 5) is 22.6. The highest BCUT2D eigenvalue weighted by molar-refractivity contribution is 7.89. The first kappa shape index (κ1) is 18.9. The molecule has 2 aromatic carbocycles. The topological polar surface area (TPSA) is 106 Å². The normalized spacial score (nSPS) is 15.4. The molecule has 0 saturated carbocycles. The molecule has 0 amide bonds. The number of nitro benzene ring substituents is 1. The highest BCUT2D eigenvalue weighted by Gasteiger charge is 2.30. The van der Waals surface area contributed by atoms with Crippen LogP contribution in [0.5, 0.6) is 0 Å². The number of nitro groups is 1. The molecule has 0 bridgehead atoms. The van der Waals surface area contributed by atoms with E-state index in [1.165, 1.54) is 36.4 Å². The highest BCUT2D eigenvalue weighted by atomic mass is 32.2. The van der Waals surface area contributed by atoms with E-state index >= 15 is 0 Å². The van der Waals surface area contributed by atoms with E-state index < -0.39 is 21.0 Å². The van der Waals surface area contributed by atoms with Crippen molar-refractivity contribution in [3.63, 3.8) is 0 Å². The predicted octanol–water partition coefficient (Wildman–Crippen LogP) is 3.21. The van der Waals surface area contributed by atoms with E-state index in [1.807, 2.05) is 6.92 Å². The first-order valence-electron chi connectivity index (χ1n) is 8.34. The molecular weight excluding hydrogens is 368 g/mol. The van der Waals surface area contributed by atoms with Crippen LogP contribution in [0.3, 0.4) is 0 Å². The second-order valence-electron chi connectivity index (χ2n) is 6.34. The highest BCUT2D eigenvalue weighted by Crippen LogP contribution is 2.31. The third-order valence-corrected chi connectivity index (χ3v) is 5.85. The molecular formula is C19H18N2O5S. The van der Waals surface area contributed by atoms with Crippen molar-refractivity contribution >= 4 is 21.5 Å². The minimum absolute atomic E-state index is 0.0889. The number of hydrogen-bond donors (Lipinski definition) is 1. The zero-order valence-electron chi connectivity index (χ0n) is 14.6. The van der Waals surface area contributed by atoms with Gasteiger partial charge in [0.25, 0.3) is 5.69 Å². The van der Waals surface area contributed by atoms with Crippen molar-refractivity contribution in [1.82, 2.24) is 4.72 Å². The van der Waals surface area contributed by atoms with E-state index in [0.29, 0.717) is 24.0 Å². The van der Waals surface area contributed by atoms with Gasteiger partial charge in [0, 0.05) is 24.1 Å². The van der Waals surface area contributed by atoms with Gasteiger partial charge < -0.3 is 0 Å². The maximum Gasteiger partial charge on any atom is 0.269 e. The van der Waals surface area contributed by atoms with Crippen molar-refractivity contribution in [1.29, 1.82) is 0 Å². The number of non-ortho nitro benzene ring substituents is 1. The molecule has 0 spiro atoms. The van der Waals surface area contributed by atoms with Gasteiger partial charge in [-0.3, -0.25) is 14.9 Å². The number of nitrogens with zero attached hydrogens (tertiary/aromatic N) is 1. The van der Waals surface area contributed by atoms with Gasteiger partial charge in [-0.1, -0.05) is 35.9 Å². The predicted molar refractivity (Wildman–Crippen MR) is 99.7 cm³/mol. The second-order valence-corrected chi connectivity index (χ2v) is 8.05. The van der Waals surface area contributed by atoms with Crippen molar-refractivity contribution in [2.75, 3.05) is 0 Å². The number of hydrogen-bond acceptors (Lipinski definition) is 5. The van der Waals surface area contributed by atoms with Crippen molar-refractivity contribution in [3.8, 4) is 0 Å². The molecule has 1 unspecified atom stereocenters. The van der Waals surface area contributed by atoms with Crippen molar-refractivity contribution < 1.29 is 18.1 Å². The molecule has 27 heavy (non-hydrogen) atoms. The van der Waals surface area contributed by atoms with E-state index in [-0.39, 0.29) is 16.4 Å². The summed E-state index contributed by atoms with van der Waals surface area (Å²) in [7, 11) is -3.89. The average Bonchev–Trinajstić information content (AvgIpc) is 3.06. The standard InChI is InChI=1S/C19H18N2O5S/c1-13-5-11-16(12-6-13)27(25,26)20-19(17-3-2-4-18(17)22)14-7-9-15(10-8-14)21(23)24/h3,5-12,19-20H,2,4H2,1H3. The molecule has 8 heteroatoms. The molecule has 0 radical (unpaired) electrons. The minimum atomic E-state index is -3.89. The van der Waals surface area contributed by atoms with Crippen LogP contribution in [0, 0.1) is 17.0 Å². The Kier molecular flexibility index (Phi) is 5.20. The zero-order chi connectivity index (χ0) is 19.6. The fourth-order valence-corrected chi connectivity index (χ4v) is 4.14. The van der Waals surface area contributed by atoms with Gasteiger partial charge in [0.1, 0.15) is 0 Å². The first-order valence-corrected chi connectivity index (χ1v) is 9.83. The van der Waals surface area contributed by atoms with E-state index in [2.05, 4.69) is 4.72 Å². The summed E-state index contributed by atoms with van der Waals surface area (Å²) in [5.41, 5.74) is 1.65. The molecule has 0 aliphatic heterocycles. The number of nitrogens with one attached hydrogen (secondary N) is 1. The number of aryl methyl sites for hydroxylation is 1. The lowest BCUT2D eigenvalue weighted by atomic mass is 9.98. The lowest BCUT2D eigenvalue weighted by Crippen LogP contribution is -2.31. The molecule has 140 valence electrons. The largest absolute Gasteiger partial charge is 0.294 e. The number of Topliss-reactive ketones (excluding diaryl/α,β-unsaturated/α-hetero) is 1. The Morgan fingerprint density at radius 1 is 1.07 bits per heavy atom. The number of rotatable bonds is 6. The number of ketones is 1. The average molecular weight is 386 g/mol. The fraction of sp³-hybridized carbons (Fsp3) is 0.211. The molecule has 1 N–H and O–H groups in total. The molecule has 0 saturated heterocycles. The number of sulfonamides is 1. The van der Waals surface area contributed by atoms with Crippen LogP contribution in [0.2, 0.25) is 0 Å². The van der Waals surface area contributed by atoms with E-state index in [0.717, 1.165) is 5.56 Å². The second kappa shape index (κ2) is 7.42. The summed E-state index contributed by atoms with van der Waals surface area (Å²) in [6, 6.07) is 11.0. The smallest absolute Gasteiger partial charge is 0.269 e. The van der Waals surface area contributed by atoms with Crippen LogP contribution in [0.1, 0.15) is 30.0 Å². The van der Waals surface area contributed by atoms with Crippen molar-refractivity contribution in [2.45, 2.75) is 30.7 Å². The summed E-state index contributed by atoms with van der Waals surface area (Å²) in [5.74, 6) is -0.134. The molecule has 0 fully saturated rings. The number of benzene rings is 2. The Balaban J connectivity index is 1.99. The lowest BCUT2D eigenvalue weighted by molar-refractivity contribution is -0.384. The quantitative estimate of drug-likeness (QED) is 0.606. The molecule has 0 heterocycles. The number of carbonyl (C=O) groups is 1. The van der Waals surface area contributed by atoms with Gasteiger partial charge in [-0.2, -0.15) is 4.72 Å². The van der Waals surface area contributed by atoms with Gasteiger partial charge in [-0.05, 0) is 31.0 Å². The van der Waals surface area contributed by atoms with Gasteiger partial charge in [-0.25, -0.2) is 8.42 Å². The molecule has 1 atom stereocenters. The number of carbonyl (C=O) groups excluding carboxylic acids is 1. The Labute approximate surface area is 156 Å². The van der Waals surface area contributed by atoms with Gasteiger partial charge in [-0.15, -0.1) is 0 Å². The summed E-state index contributed by atoms with van der Waals surface area (Å²) in [5, 5.41) is 10.9. The summed E-state index contributed by atoms with van der Waals surface area (Å²) in [6.45, 7) is 1.85. The number of allylic oxidation sites excluding steroid dienone is 1. The van der Waals surface area contributed by atoms with Crippen LogP contribution in [-0.2, 0) is 14.8 Å². The lowest BCUT2D eigenvalue weighted by Gasteiger charge is -2.20. The van der Waals surface area contributed by atoms with Crippen LogP contribution >= 0.6 is 0 Å². The Morgan fingerprint density at radius 2 is 1.70 bits per heavy atom. The molecule has 1 aliphatic rings. The Hall–Kier alpha value is -2.84. The van der Waals surface area contributed by atoms with E-state index in [9.17, 15) is 23.3 Å². The van der Waals surface area contributed by atoms with Crippen molar-refractivity contribution in [2.24, 2.45) is 0 Å². The van der Waals surface area contributed by atoms with Gasteiger partial charge in [0.15, 0.2) is 5.78 Å². The van der Waals surface area contributed by atoms with Gasteiger partial charge in [0.2, 0.25) is 10.0 Å². The molecule has 0 aromatic heterocycles. The SMILES string of the molecule is Cc1ccc(S(=O)(=O)NC(C2=CCCC2=O)c2ccc([N+](=O)[O-])cc2)cc1. The van der Waals surface area contributed by atoms with Crippen LogP contribution < -0.4 is 4.72 Å².